The molecular formula is C17H21N3O4. The van der Waals surface area contributed by atoms with E-state index in [1.165, 1.54) is 38.3 Å². The number of amides is 1. The highest BCUT2D eigenvalue weighted by atomic mass is 16.6. The highest BCUT2D eigenvalue weighted by Gasteiger charge is 2.64. The molecule has 0 spiro atoms. The number of hydrazone groups is 1. The third kappa shape index (κ3) is 2.86. The van der Waals surface area contributed by atoms with Crippen LogP contribution in [-0.4, -0.2) is 24.2 Å². The summed E-state index contributed by atoms with van der Waals surface area (Å²) in [6.07, 6.45) is 6.02. The fraction of sp³-hybridized carbons (Fsp3) is 0.529. The van der Waals surface area contributed by atoms with Gasteiger partial charge in [0.15, 0.2) is 5.75 Å². The van der Waals surface area contributed by atoms with Crippen LogP contribution in [0.25, 0.3) is 0 Å². The predicted octanol–water partition coefficient (Wildman–Crippen LogP) is 2.88. The predicted molar refractivity (Wildman–Crippen MR) is 88.9 cm³/mol. The third-order valence-electron chi connectivity index (χ3n) is 5.40. The first-order valence-electron chi connectivity index (χ1n) is 8.12. The SMILES string of the molecule is COc1ccc(C=NNC(=O)C2C3CCCCC32C)cc1[N+](=O)[O-]. The van der Waals surface area contributed by atoms with E-state index in [9.17, 15) is 14.9 Å². The second kappa shape index (κ2) is 6.22. The summed E-state index contributed by atoms with van der Waals surface area (Å²) < 4.78 is 4.95. The van der Waals surface area contributed by atoms with Crippen molar-refractivity contribution < 1.29 is 14.5 Å². The molecule has 0 radical (unpaired) electrons. The number of nitrogens with zero attached hydrogens (tertiary/aromatic N) is 2. The monoisotopic (exact) mass is 331 g/mol. The molecular weight excluding hydrogens is 310 g/mol. The van der Waals surface area contributed by atoms with Crippen molar-refractivity contribution in [3.8, 4) is 5.75 Å². The number of fused-ring (bicyclic) bond motifs is 1. The van der Waals surface area contributed by atoms with Crippen LogP contribution in [0.1, 0.15) is 38.2 Å². The Labute approximate surface area is 140 Å². The Bertz CT molecular complexity index is 703. The summed E-state index contributed by atoms with van der Waals surface area (Å²) in [5.74, 6) is 0.658. The lowest BCUT2D eigenvalue weighted by molar-refractivity contribution is -0.385. The van der Waals surface area contributed by atoms with Crippen LogP contribution in [0, 0.1) is 27.4 Å². The fourth-order valence-corrected chi connectivity index (χ4v) is 4.02. The lowest BCUT2D eigenvalue weighted by Gasteiger charge is -2.15. The van der Waals surface area contributed by atoms with E-state index >= 15 is 0 Å². The van der Waals surface area contributed by atoms with E-state index in [4.69, 9.17) is 4.74 Å². The number of hydrogen-bond acceptors (Lipinski definition) is 5. The Morgan fingerprint density at radius 1 is 1.50 bits per heavy atom. The summed E-state index contributed by atoms with van der Waals surface area (Å²) in [6, 6.07) is 4.53. The lowest BCUT2D eigenvalue weighted by atomic mass is 9.90. The zero-order valence-electron chi connectivity index (χ0n) is 13.8. The fourth-order valence-electron chi connectivity index (χ4n) is 4.02. The number of hydrogen-bond donors (Lipinski definition) is 1. The molecule has 3 atom stereocenters. The summed E-state index contributed by atoms with van der Waals surface area (Å²) in [4.78, 5) is 22.8. The molecule has 0 aromatic heterocycles. The van der Waals surface area contributed by atoms with Gasteiger partial charge in [0.2, 0.25) is 5.91 Å². The number of nitro benzene ring substituents is 1. The molecule has 2 fully saturated rings. The molecule has 24 heavy (non-hydrogen) atoms. The number of ether oxygens (including phenoxy) is 1. The van der Waals surface area contributed by atoms with Crippen LogP contribution in [0.15, 0.2) is 23.3 Å². The Morgan fingerprint density at radius 2 is 2.29 bits per heavy atom. The van der Waals surface area contributed by atoms with Gasteiger partial charge in [0.05, 0.1) is 18.2 Å². The molecule has 1 aromatic rings. The van der Waals surface area contributed by atoms with Crippen LogP contribution in [0.2, 0.25) is 0 Å². The Morgan fingerprint density at radius 3 is 2.92 bits per heavy atom. The number of nitro groups is 1. The van der Waals surface area contributed by atoms with E-state index in [2.05, 4.69) is 17.5 Å². The van der Waals surface area contributed by atoms with Crippen molar-refractivity contribution in [1.29, 1.82) is 0 Å². The largest absolute Gasteiger partial charge is 0.490 e. The molecule has 1 N–H and O–H groups in total. The van der Waals surface area contributed by atoms with E-state index < -0.39 is 4.92 Å². The molecule has 0 saturated heterocycles. The number of carbonyl (C=O) groups is 1. The molecule has 7 heteroatoms. The van der Waals surface area contributed by atoms with E-state index in [0.29, 0.717) is 11.5 Å². The van der Waals surface area contributed by atoms with Crippen LogP contribution in [0.3, 0.4) is 0 Å². The Kier molecular flexibility index (Phi) is 4.26. The first-order chi connectivity index (χ1) is 11.5. The van der Waals surface area contributed by atoms with E-state index in [1.807, 2.05) is 0 Å². The molecule has 2 aliphatic rings. The van der Waals surface area contributed by atoms with Crippen LogP contribution >= 0.6 is 0 Å². The number of benzene rings is 1. The van der Waals surface area contributed by atoms with Crippen molar-refractivity contribution in [2.75, 3.05) is 7.11 Å². The van der Waals surface area contributed by atoms with Gasteiger partial charge in [0.1, 0.15) is 0 Å². The maximum absolute atomic E-state index is 12.3. The number of rotatable bonds is 5. The molecule has 0 bridgehead atoms. The van der Waals surface area contributed by atoms with Crippen molar-refractivity contribution in [3.05, 3.63) is 33.9 Å². The van der Waals surface area contributed by atoms with Crippen LogP contribution in [0.5, 0.6) is 5.75 Å². The van der Waals surface area contributed by atoms with Gasteiger partial charge in [0.25, 0.3) is 0 Å². The average Bonchev–Trinajstić information content (AvgIpc) is 3.20. The molecule has 3 rings (SSSR count). The molecule has 3 unspecified atom stereocenters. The molecule has 2 aliphatic carbocycles. The second-order valence-electron chi connectivity index (χ2n) is 6.76. The van der Waals surface area contributed by atoms with E-state index in [1.54, 1.807) is 6.07 Å². The zero-order valence-corrected chi connectivity index (χ0v) is 13.8. The van der Waals surface area contributed by atoms with Crippen molar-refractivity contribution in [1.82, 2.24) is 5.43 Å². The van der Waals surface area contributed by atoms with Crippen LogP contribution < -0.4 is 10.2 Å². The minimum Gasteiger partial charge on any atom is -0.490 e. The van der Waals surface area contributed by atoms with Gasteiger partial charge in [-0.3, -0.25) is 14.9 Å². The van der Waals surface area contributed by atoms with E-state index in [-0.39, 0.29) is 28.7 Å². The molecule has 0 heterocycles. The third-order valence-corrected chi connectivity index (χ3v) is 5.40. The summed E-state index contributed by atoms with van der Waals surface area (Å²) in [5, 5.41) is 15.0. The Balaban J connectivity index is 1.64. The molecule has 1 aromatic carbocycles. The second-order valence-corrected chi connectivity index (χ2v) is 6.76. The van der Waals surface area contributed by atoms with Gasteiger partial charge in [-0.05, 0) is 36.3 Å². The minimum absolute atomic E-state index is 0.0438. The first kappa shape index (κ1) is 16.4. The molecule has 2 saturated carbocycles. The average molecular weight is 331 g/mol. The van der Waals surface area contributed by atoms with Gasteiger partial charge in [-0.1, -0.05) is 19.8 Å². The van der Waals surface area contributed by atoms with Gasteiger partial charge in [0, 0.05) is 17.5 Å². The summed E-state index contributed by atoms with van der Waals surface area (Å²) in [6.45, 7) is 2.18. The molecule has 0 aliphatic heterocycles. The topological polar surface area (TPSA) is 93.8 Å². The highest BCUT2D eigenvalue weighted by Crippen LogP contribution is 2.66. The maximum Gasteiger partial charge on any atom is 0.311 e. The minimum atomic E-state index is -0.509. The number of carbonyl (C=O) groups excluding carboxylic acids is 1. The van der Waals surface area contributed by atoms with Gasteiger partial charge >= 0.3 is 5.69 Å². The normalized spacial score (nSPS) is 28.2. The van der Waals surface area contributed by atoms with Crippen LogP contribution in [0.4, 0.5) is 5.69 Å². The van der Waals surface area contributed by atoms with Gasteiger partial charge in [-0.2, -0.15) is 5.10 Å². The standard InChI is InChI=1S/C17H21N3O4/c1-17-8-4-3-5-12(17)15(17)16(21)19-18-10-11-6-7-14(24-2)13(9-11)20(22)23/h6-7,9-10,12,15H,3-5,8H2,1-2H3,(H,19,21). The molecule has 1 amide bonds. The van der Waals surface area contributed by atoms with Gasteiger partial charge in [-0.25, -0.2) is 5.43 Å². The molecule has 7 nitrogen and oxygen atoms in total. The van der Waals surface area contributed by atoms with Crippen molar-refractivity contribution >= 4 is 17.8 Å². The Hall–Kier alpha value is -2.44. The smallest absolute Gasteiger partial charge is 0.311 e. The quantitative estimate of drug-likeness (QED) is 0.510. The summed E-state index contributed by atoms with van der Waals surface area (Å²) in [5.41, 5.74) is 3.12. The van der Waals surface area contributed by atoms with E-state index in [0.717, 1.165) is 12.8 Å². The summed E-state index contributed by atoms with van der Waals surface area (Å²) >= 11 is 0. The van der Waals surface area contributed by atoms with Crippen LogP contribution in [-0.2, 0) is 4.79 Å². The van der Waals surface area contributed by atoms with Crippen molar-refractivity contribution in [3.63, 3.8) is 0 Å². The number of nitrogens with one attached hydrogen (secondary N) is 1. The summed E-state index contributed by atoms with van der Waals surface area (Å²) in [7, 11) is 1.38. The van der Waals surface area contributed by atoms with Gasteiger partial charge < -0.3 is 4.74 Å². The first-order valence-corrected chi connectivity index (χ1v) is 8.12. The highest BCUT2D eigenvalue weighted by molar-refractivity contribution is 5.86. The van der Waals surface area contributed by atoms with Crippen molar-refractivity contribution in [2.24, 2.45) is 22.4 Å². The van der Waals surface area contributed by atoms with Crippen molar-refractivity contribution in [2.45, 2.75) is 32.6 Å². The lowest BCUT2D eigenvalue weighted by Crippen LogP contribution is -2.22. The van der Waals surface area contributed by atoms with Gasteiger partial charge in [-0.15, -0.1) is 0 Å². The zero-order chi connectivity index (χ0) is 17.3. The maximum atomic E-state index is 12.3. The molecule has 128 valence electrons. The number of methoxy groups -OCH3 is 1.